The Morgan fingerprint density at radius 3 is 2.56 bits per heavy atom. The summed E-state index contributed by atoms with van der Waals surface area (Å²) in [5.74, 6) is 0.709. The number of benzene rings is 1. The van der Waals surface area contributed by atoms with Gasteiger partial charge >= 0.3 is 0 Å². The molecule has 1 aromatic rings. The van der Waals surface area contributed by atoms with E-state index in [1.165, 1.54) is 6.26 Å². The molecule has 0 aliphatic rings. The molecule has 0 heterocycles. The number of nitrogens with two attached hydrogens (primary N) is 1. The zero-order chi connectivity index (χ0) is 12.2. The van der Waals surface area contributed by atoms with Gasteiger partial charge in [-0.1, -0.05) is 0 Å². The van der Waals surface area contributed by atoms with Crippen molar-refractivity contribution < 1.29 is 13.2 Å². The van der Waals surface area contributed by atoms with E-state index in [1.807, 2.05) is 0 Å². The van der Waals surface area contributed by atoms with Crippen LogP contribution in [0.15, 0.2) is 23.1 Å². The maximum Gasteiger partial charge on any atom is 0.175 e. The lowest BCUT2D eigenvalue weighted by Gasteiger charge is -2.09. The lowest BCUT2D eigenvalue weighted by atomic mass is 10.1. The van der Waals surface area contributed by atoms with Crippen LogP contribution in [-0.2, 0) is 16.3 Å². The van der Waals surface area contributed by atoms with Gasteiger partial charge in [-0.25, -0.2) is 8.42 Å². The second-order valence-electron chi connectivity index (χ2n) is 3.64. The second-order valence-corrected chi connectivity index (χ2v) is 5.65. The molecule has 0 unspecified atom stereocenters. The largest absolute Gasteiger partial charge is 0.496 e. The number of aryl methyl sites for hydroxylation is 1. The van der Waals surface area contributed by atoms with E-state index in [9.17, 15) is 8.42 Å². The average molecular weight is 243 g/mol. The third-order valence-corrected chi connectivity index (χ3v) is 3.44. The van der Waals surface area contributed by atoms with Crippen molar-refractivity contribution in [1.82, 2.24) is 0 Å². The van der Waals surface area contributed by atoms with Crippen molar-refractivity contribution in [2.75, 3.05) is 19.9 Å². The zero-order valence-corrected chi connectivity index (χ0v) is 10.4. The lowest BCUT2D eigenvalue weighted by molar-refractivity contribution is 0.408. The number of ether oxygens (including phenoxy) is 1. The van der Waals surface area contributed by atoms with Crippen molar-refractivity contribution in [3.05, 3.63) is 23.8 Å². The molecule has 16 heavy (non-hydrogen) atoms. The highest BCUT2D eigenvalue weighted by Crippen LogP contribution is 2.23. The van der Waals surface area contributed by atoms with E-state index in [4.69, 9.17) is 10.5 Å². The van der Waals surface area contributed by atoms with E-state index in [1.54, 1.807) is 25.3 Å². The van der Waals surface area contributed by atoms with Crippen molar-refractivity contribution in [1.29, 1.82) is 0 Å². The maximum absolute atomic E-state index is 11.4. The highest BCUT2D eigenvalue weighted by molar-refractivity contribution is 7.90. The predicted molar refractivity (Wildman–Crippen MR) is 63.5 cm³/mol. The molecule has 0 saturated heterocycles. The SMILES string of the molecule is COc1ccc(S(C)(=O)=O)cc1CCCN. The van der Waals surface area contributed by atoms with E-state index in [0.29, 0.717) is 17.2 Å². The minimum atomic E-state index is -3.16. The minimum absolute atomic E-state index is 0.320. The van der Waals surface area contributed by atoms with Gasteiger partial charge in [0.25, 0.3) is 0 Å². The number of rotatable bonds is 5. The second kappa shape index (κ2) is 5.32. The van der Waals surface area contributed by atoms with Crippen LogP contribution >= 0.6 is 0 Å². The molecule has 0 aliphatic heterocycles. The number of hydrogen-bond acceptors (Lipinski definition) is 4. The summed E-state index contributed by atoms with van der Waals surface area (Å²) >= 11 is 0. The molecule has 90 valence electrons. The third-order valence-electron chi connectivity index (χ3n) is 2.33. The summed E-state index contributed by atoms with van der Waals surface area (Å²) in [6, 6.07) is 4.90. The summed E-state index contributed by atoms with van der Waals surface area (Å²) in [7, 11) is -1.59. The Kier molecular flexibility index (Phi) is 4.32. The molecule has 0 bridgehead atoms. The van der Waals surface area contributed by atoms with E-state index < -0.39 is 9.84 Å². The lowest BCUT2D eigenvalue weighted by Crippen LogP contribution is -2.03. The van der Waals surface area contributed by atoms with Crippen molar-refractivity contribution in [2.24, 2.45) is 5.73 Å². The molecule has 0 radical (unpaired) electrons. The van der Waals surface area contributed by atoms with Crippen LogP contribution in [0.1, 0.15) is 12.0 Å². The van der Waals surface area contributed by atoms with Crippen LogP contribution in [0.4, 0.5) is 0 Å². The smallest absolute Gasteiger partial charge is 0.175 e. The standard InChI is InChI=1S/C11H17NO3S/c1-15-11-6-5-10(16(2,13)14)8-9(11)4-3-7-12/h5-6,8H,3-4,7,12H2,1-2H3. The van der Waals surface area contributed by atoms with E-state index >= 15 is 0 Å². The summed E-state index contributed by atoms with van der Waals surface area (Å²) < 4.78 is 28.0. The van der Waals surface area contributed by atoms with Crippen molar-refractivity contribution in [3.8, 4) is 5.75 Å². The Morgan fingerprint density at radius 2 is 2.06 bits per heavy atom. The molecule has 2 N–H and O–H groups in total. The van der Waals surface area contributed by atoms with Crippen LogP contribution in [0.25, 0.3) is 0 Å². The molecule has 0 atom stereocenters. The van der Waals surface area contributed by atoms with E-state index in [0.717, 1.165) is 18.4 Å². The predicted octanol–water partition coefficient (Wildman–Crippen LogP) is 0.990. The van der Waals surface area contributed by atoms with Crippen molar-refractivity contribution in [3.63, 3.8) is 0 Å². The first-order valence-corrected chi connectivity index (χ1v) is 6.95. The minimum Gasteiger partial charge on any atom is -0.496 e. The summed E-state index contributed by atoms with van der Waals surface area (Å²) in [5.41, 5.74) is 6.32. The number of hydrogen-bond donors (Lipinski definition) is 1. The van der Waals surface area contributed by atoms with Gasteiger partial charge in [0.1, 0.15) is 5.75 Å². The van der Waals surface area contributed by atoms with Gasteiger partial charge in [-0.2, -0.15) is 0 Å². The van der Waals surface area contributed by atoms with Crippen LogP contribution in [-0.4, -0.2) is 28.3 Å². The molecule has 0 fully saturated rings. The zero-order valence-electron chi connectivity index (χ0n) is 9.56. The number of methoxy groups -OCH3 is 1. The van der Waals surface area contributed by atoms with Crippen LogP contribution in [0.3, 0.4) is 0 Å². The molecule has 1 rings (SSSR count). The van der Waals surface area contributed by atoms with Crippen molar-refractivity contribution >= 4 is 9.84 Å². The first-order chi connectivity index (χ1) is 7.49. The van der Waals surface area contributed by atoms with E-state index in [-0.39, 0.29) is 0 Å². The molecule has 0 spiro atoms. The summed E-state index contributed by atoms with van der Waals surface area (Å²) in [6.07, 6.45) is 2.73. The van der Waals surface area contributed by atoms with Gasteiger partial charge in [-0.05, 0) is 43.1 Å². The highest BCUT2D eigenvalue weighted by Gasteiger charge is 2.10. The summed E-state index contributed by atoms with van der Waals surface area (Å²) in [5, 5.41) is 0. The molecule has 0 aliphatic carbocycles. The molecular weight excluding hydrogens is 226 g/mol. The normalized spacial score (nSPS) is 11.4. The highest BCUT2D eigenvalue weighted by atomic mass is 32.2. The van der Waals surface area contributed by atoms with Crippen LogP contribution < -0.4 is 10.5 Å². The van der Waals surface area contributed by atoms with Crippen LogP contribution in [0.2, 0.25) is 0 Å². The van der Waals surface area contributed by atoms with Gasteiger partial charge in [0.15, 0.2) is 9.84 Å². The fourth-order valence-electron chi connectivity index (χ4n) is 1.47. The third kappa shape index (κ3) is 3.21. The first kappa shape index (κ1) is 13.0. The Hall–Kier alpha value is -1.07. The molecular formula is C11H17NO3S. The fourth-order valence-corrected chi connectivity index (χ4v) is 2.15. The Morgan fingerprint density at radius 1 is 1.38 bits per heavy atom. The van der Waals surface area contributed by atoms with E-state index in [2.05, 4.69) is 0 Å². The Bertz CT molecular complexity index is 454. The van der Waals surface area contributed by atoms with Gasteiger partial charge in [-0.15, -0.1) is 0 Å². The van der Waals surface area contributed by atoms with Gasteiger partial charge < -0.3 is 10.5 Å². The van der Waals surface area contributed by atoms with Gasteiger partial charge in [0.05, 0.1) is 12.0 Å². The monoisotopic (exact) mass is 243 g/mol. The summed E-state index contributed by atoms with van der Waals surface area (Å²) in [6.45, 7) is 0.576. The van der Waals surface area contributed by atoms with Crippen LogP contribution in [0.5, 0.6) is 5.75 Å². The summed E-state index contributed by atoms with van der Waals surface area (Å²) in [4.78, 5) is 0.320. The molecule has 5 heteroatoms. The number of sulfone groups is 1. The molecule has 4 nitrogen and oxygen atoms in total. The van der Waals surface area contributed by atoms with Gasteiger partial charge in [0.2, 0.25) is 0 Å². The average Bonchev–Trinajstić information content (AvgIpc) is 2.24. The molecule has 1 aromatic carbocycles. The molecule has 0 amide bonds. The topological polar surface area (TPSA) is 69.4 Å². The van der Waals surface area contributed by atoms with Crippen molar-refractivity contribution in [2.45, 2.75) is 17.7 Å². The maximum atomic E-state index is 11.4. The van der Waals surface area contributed by atoms with Crippen LogP contribution in [0, 0.1) is 0 Å². The molecule has 0 saturated carbocycles. The Balaban J connectivity index is 3.11. The first-order valence-electron chi connectivity index (χ1n) is 5.06. The fraction of sp³-hybridized carbons (Fsp3) is 0.455. The van der Waals surface area contributed by atoms with Gasteiger partial charge in [0, 0.05) is 6.26 Å². The quantitative estimate of drug-likeness (QED) is 0.837. The Labute approximate surface area is 96.3 Å². The van der Waals surface area contributed by atoms with Gasteiger partial charge in [-0.3, -0.25) is 0 Å². The molecule has 0 aromatic heterocycles.